The van der Waals surface area contributed by atoms with Gasteiger partial charge in [0.05, 0.1) is 24.0 Å². The Labute approximate surface area is 213 Å². The molecule has 0 unspecified atom stereocenters. The highest BCUT2D eigenvalue weighted by Crippen LogP contribution is 2.41. The van der Waals surface area contributed by atoms with Crippen LogP contribution in [0.4, 0.5) is 0 Å². The van der Waals surface area contributed by atoms with Crippen LogP contribution in [0.3, 0.4) is 0 Å². The van der Waals surface area contributed by atoms with E-state index >= 15 is 0 Å². The molecular weight excluding hydrogens is 499 g/mol. The summed E-state index contributed by atoms with van der Waals surface area (Å²) >= 11 is 12.7. The lowest BCUT2D eigenvalue weighted by Gasteiger charge is -2.10. The van der Waals surface area contributed by atoms with E-state index in [1.165, 1.54) is 6.33 Å². The van der Waals surface area contributed by atoms with E-state index < -0.39 is 0 Å². The Balaban J connectivity index is 1.30. The maximum atomic E-state index is 9.88. The first kappa shape index (κ1) is 21.3. The second kappa shape index (κ2) is 8.01. The van der Waals surface area contributed by atoms with Crippen LogP contribution < -0.4 is 4.74 Å². The van der Waals surface area contributed by atoms with Gasteiger partial charge < -0.3 is 24.4 Å². The van der Waals surface area contributed by atoms with Crippen LogP contribution in [0, 0.1) is 0 Å². The largest absolute Gasteiger partial charge is 0.492 e. The molecule has 0 spiro atoms. The Bertz CT molecular complexity index is 1860. The van der Waals surface area contributed by atoms with Crippen LogP contribution in [-0.2, 0) is 6.54 Å². The number of nitrogens with zero attached hydrogens (tertiary/aromatic N) is 4. The van der Waals surface area contributed by atoms with Crippen LogP contribution in [0.15, 0.2) is 55.1 Å². The Hall–Kier alpha value is -4.01. The zero-order valence-corrected chi connectivity index (χ0v) is 20.2. The van der Waals surface area contributed by atoms with Crippen molar-refractivity contribution in [2.45, 2.75) is 13.0 Å². The molecule has 4 heterocycles. The minimum atomic E-state index is -0.123. The highest BCUT2D eigenvalue weighted by atomic mass is 35.5. The molecule has 0 saturated heterocycles. The molecular formula is C26H18Cl2N6O2. The van der Waals surface area contributed by atoms with Crippen LogP contribution in [-0.4, -0.2) is 41.2 Å². The molecule has 0 fully saturated rings. The number of hydrogen-bond acceptors (Lipinski definition) is 5. The molecule has 7 aromatic rings. The number of imidazole rings is 1. The number of aromatic hydroxyl groups is 1. The molecule has 3 N–H and O–H groups in total. The van der Waals surface area contributed by atoms with Crippen LogP contribution in [0.2, 0.25) is 10.0 Å². The predicted molar refractivity (Wildman–Crippen MR) is 142 cm³/mol. The van der Waals surface area contributed by atoms with Gasteiger partial charge in [-0.2, -0.15) is 4.98 Å². The van der Waals surface area contributed by atoms with Gasteiger partial charge >= 0.3 is 0 Å². The van der Waals surface area contributed by atoms with Gasteiger partial charge in [-0.1, -0.05) is 23.2 Å². The fourth-order valence-electron chi connectivity index (χ4n) is 4.88. The highest BCUT2D eigenvalue weighted by Gasteiger charge is 2.18. The summed E-state index contributed by atoms with van der Waals surface area (Å²) in [6.45, 7) is 1.08. The number of hydrogen-bond donors (Lipinski definition) is 3. The van der Waals surface area contributed by atoms with Gasteiger partial charge in [-0.25, -0.2) is 9.97 Å². The molecule has 0 aliphatic carbocycles. The summed E-state index contributed by atoms with van der Waals surface area (Å²) in [5.74, 6) is 0.625. The normalized spacial score (nSPS) is 12.1. The minimum Gasteiger partial charge on any atom is -0.492 e. The SMILES string of the molecule is Oc1ncnc2c1ncn2CCCOc1c2[nH]c3ccc(Cl)cc3c2cc2c1[nH]c1ccc(Cl)cc12. The monoisotopic (exact) mass is 516 g/mol. The number of ether oxygens (including phenoxy) is 1. The van der Waals surface area contributed by atoms with Crippen molar-refractivity contribution in [3.63, 3.8) is 0 Å². The van der Waals surface area contributed by atoms with Gasteiger partial charge in [0.25, 0.3) is 0 Å². The zero-order chi connectivity index (χ0) is 24.4. The van der Waals surface area contributed by atoms with E-state index in [0.717, 1.165) is 49.4 Å². The number of H-pyrrole nitrogens is 2. The van der Waals surface area contributed by atoms with E-state index in [0.29, 0.717) is 40.8 Å². The average Bonchev–Trinajstić information content (AvgIpc) is 3.55. The molecule has 0 aliphatic heterocycles. The van der Waals surface area contributed by atoms with Gasteiger partial charge in [0.15, 0.2) is 16.9 Å². The van der Waals surface area contributed by atoms with Gasteiger partial charge in [-0.15, -0.1) is 0 Å². The standard InChI is InChI=1S/C26H18Cl2N6O2/c27-13-2-4-19-15(8-13)17-10-18-16-9-14(28)3-5-20(16)33-22(18)24(21(17)32-19)36-7-1-6-34-12-31-23-25(34)29-11-30-26(23)35/h2-5,8-12,32-33H,1,6-7H2,(H,29,30,35). The quantitative estimate of drug-likeness (QED) is 0.224. The first-order valence-electron chi connectivity index (χ1n) is 11.4. The molecule has 0 bridgehead atoms. The smallest absolute Gasteiger partial charge is 0.242 e. The third-order valence-corrected chi connectivity index (χ3v) is 6.99. The number of aromatic amines is 2. The molecule has 36 heavy (non-hydrogen) atoms. The first-order chi connectivity index (χ1) is 17.6. The Morgan fingerprint density at radius 3 is 2.17 bits per heavy atom. The van der Waals surface area contributed by atoms with Crippen molar-refractivity contribution in [3.8, 4) is 11.6 Å². The lowest BCUT2D eigenvalue weighted by molar-refractivity contribution is 0.308. The van der Waals surface area contributed by atoms with Crippen molar-refractivity contribution < 1.29 is 9.84 Å². The van der Waals surface area contributed by atoms with Gasteiger partial charge in [0.1, 0.15) is 6.33 Å². The highest BCUT2D eigenvalue weighted by molar-refractivity contribution is 6.33. The lowest BCUT2D eigenvalue weighted by atomic mass is 10.1. The molecule has 178 valence electrons. The molecule has 10 heteroatoms. The molecule has 0 radical (unpaired) electrons. The fourth-order valence-corrected chi connectivity index (χ4v) is 5.23. The minimum absolute atomic E-state index is 0.123. The topological polar surface area (TPSA) is 105 Å². The van der Waals surface area contributed by atoms with Crippen molar-refractivity contribution in [1.82, 2.24) is 29.5 Å². The predicted octanol–water partition coefficient (Wildman–Crippen LogP) is 6.58. The molecule has 7 rings (SSSR count). The second-order valence-corrected chi connectivity index (χ2v) is 9.56. The van der Waals surface area contributed by atoms with E-state index in [4.69, 9.17) is 27.9 Å². The summed E-state index contributed by atoms with van der Waals surface area (Å²) in [5, 5.41) is 15.4. The van der Waals surface area contributed by atoms with Crippen LogP contribution in [0.1, 0.15) is 6.42 Å². The van der Waals surface area contributed by atoms with Crippen LogP contribution in [0.5, 0.6) is 11.6 Å². The summed E-state index contributed by atoms with van der Waals surface area (Å²) < 4.78 is 8.32. The molecule has 0 amide bonds. The van der Waals surface area contributed by atoms with Crippen molar-refractivity contribution in [3.05, 3.63) is 65.2 Å². The Morgan fingerprint density at radius 1 is 0.833 bits per heavy atom. The van der Waals surface area contributed by atoms with Gasteiger partial charge in [0, 0.05) is 49.2 Å². The van der Waals surface area contributed by atoms with Crippen molar-refractivity contribution in [2.75, 3.05) is 6.61 Å². The molecule has 0 saturated carbocycles. The second-order valence-electron chi connectivity index (χ2n) is 8.69. The van der Waals surface area contributed by atoms with Gasteiger partial charge in [0.2, 0.25) is 5.88 Å². The summed E-state index contributed by atoms with van der Waals surface area (Å²) in [5.41, 5.74) is 4.76. The lowest BCUT2D eigenvalue weighted by Crippen LogP contribution is -2.05. The zero-order valence-electron chi connectivity index (χ0n) is 18.7. The summed E-state index contributed by atoms with van der Waals surface area (Å²) in [6, 6.07) is 13.8. The summed E-state index contributed by atoms with van der Waals surface area (Å²) in [4.78, 5) is 19.3. The average molecular weight is 517 g/mol. The number of halogens is 2. The number of benzene rings is 3. The molecule has 8 nitrogen and oxygen atoms in total. The third kappa shape index (κ3) is 3.26. The van der Waals surface area contributed by atoms with E-state index in [2.05, 4.69) is 31.0 Å². The Morgan fingerprint density at radius 2 is 1.50 bits per heavy atom. The van der Waals surface area contributed by atoms with Crippen molar-refractivity contribution >= 4 is 78.0 Å². The van der Waals surface area contributed by atoms with E-state index in [1.54, 1.807) is 6.33 Å². The molecule has 3 aromatic carbocycles. The number of aromatic nitrogens is 6. The van der Waals surface area contributed by atoms with Crippen molar-refractivity contribution in [2.24, 2.45) is 0 Å². The summed E-state index contributed by atoms with van der Waals surface area (Å²) in [6.07, 6.45) is 3.68. The molecule has 0 aliphatic rings. The van der Waals surface area contributed by atoms with E-state index in [9.17, 15) is 5.11 Å². The number of fused-ring (bicyclic) bond motifs is 7. The molecule has 4 aromatic heterocycles. The number of rotatable bonds is 5. The van der Waals surface area contributed by atoms with E-state index in [1.807, 2.05) is 41.0 Å². The maximum Gasteiger partial charge on any atom is 0.242 e. The fraction of sp³-hybridized carbons (Fsp3) is 0.115. The maximum absolute atomic E-state index is 9.88. The third-order valence-electron chi connectivity index (χ3n) is 6.52. The van der Waals surface area contributed by atoms with E-state index in [-0.39, 0.29) is 5.88 Å². The number of aryl methyl sites for hydroxylation is 1. The van der Waals surface area contributed by atoms with Gasteiger partial charge in [-0.05, 0) is 48.9 Å². The summed E-state index contributed by atoms with van der Waals surface area (Å²) in [7, 11) is 0. The molecule has 0 atom stereocenters. The van der Waals surface area contributed by atoms with Crippen LogP contribution >= 0.6 is 23.2 Å². The van der Waals surface area contributed by atoms with Crippen molar-refractivity contribution in [1.29, 1.82) is 0 Å². The Kier molecular flexibility index (Phi) is 4.74. The number of nitrogens with one attached hydrogen (secondary N) is 2. The van der Waals surface area contributed by atoms with Gasteiger partial charge in [-0.3, -0.25) is 0 Å². The first-order valence-corrected chi connectivity index (χ1v) is 12.1. The van der Waals surface area contributed by atoms with Crippen LogP contribution in [0.25, 0.3) is 54.8 Å².